The molecule has 4 saturated carbocycles. The van der Waals surface area contributed by atoms with Crippen LogP contribution in [-0.4, -0.2) is 27.4 Å². The third-order valence-corrected chi connectivity index (χ3v) is 5.53. The van der Waals surface area contributed by atoms with E-state index >= 15 is 0 Å². The maximum Gasteiger partial charge on any atom is 0.322 e. The molecule has 0 unspecified atom stereocenters. The monoisotopic (exact) mass is 275 g/mol. The fourth-order valence-electron chi connectivity index (χ4n) is 5.10. The summed E-state index contributed by atoms with van der Waals surface area (Å²) in [6, 6.07) is 0.545. The van der Waals surface area contributed by atoms with Gasteiger partial charge in [-0.25, -0.2) is 0 Å². The number of nitrogens with one attached hydrogen (secondary N) is 1. The molecule has 108 valence electrons. The quantitative estimate of drug-likeness (QED) is 0.885. The number of aliphatic carboxylic acids is 1. The van der Waals surface area contributed by atoms with Crippen LogP contribution in [0.2, 0.25) is 0 Å². The number of aromatic nitrogens is 2. The fraction of sp³-hybridized carbons (Fsp3) is 0.733. The molecule has 2 N–H and O–H groups in total. The van der Waals surface area contributed by atoms with Gasteiger partial charge in [-0.2, -0.15) is 5.10 Å². The van der Waals surface area contributed by atoms with Crippen molar-refractivity contribution in [2.24, 2.45) is 23.7 Å². The molecule has 0 aromatic carbocycles. The molecule has 0 saturated heterocycles. The Morgan fingerprint density at radius 2 is 1.90 bits per heavy atom. The van der Waals surface area contributed by atoms with Gasteiger partial charge < -0.3 is 10.4 Å². The van der Waals surface area contributed by atoms with Gasteiger partial charge in [0.1, 0.15) is 6.54 Å². The maximum absolute atomic E-state index is 10.6. The van der Waals surface area contributed by atoms with Gasteiger partial charge in [0.25, 0.3) is 0 Å². The first-order chi connectivity index (χ1) is 9.69. The molecule has 0 radical (unpaired) electrons. The molecule has 5 nitrogen and oxygen atoms in total. The number of nitrogens with zero attached hydrogens (tertiary/aromatic N) is 2. The number of anilines is 1. The molecule has 0 amide bonds. The summed E-state index contributed by atoms with van der Waals surface area (Å²) in [7, 11) is 0. The SMILES string of the molecule is O=C(O)CNc1cnn(C2C3CC4CC(C3)CC2C4)c1. The molecule has 1 aromatic heterocycles. The van der Waals surface area contributed by atoms with E-state index < -0.39 is 5.97 Å². The van der Waals surface area contributed by atoms with Crippen molar-refractivity contribution in [3.8, 4) is 0 Å². The number of carbonyl (C=O) groups is 1. The number of carboxylic acid groups (broad SMARTS) is 1. The molecule has 5 heteroatoms. The average Bonchev–Trinajstić information content (AvgIpc) is 2.83. The smallest absolute Gasteiger partial charge is 0.322 e. The highest BCUT2D eigenvalue weighted by Crippen LogP contribution is 2.58. The van der Waals surface area contributed by atoms with Crippen LogP contribution in [0.3, 0.4) is 0 Å². The third-order valence-electron chi connectivity index (χ3n) is 5.53. The van der Waals surface area contributed by atoms with Crippen molar-refractivity contribution in [2.75, 3.05) is 11.9 Å². The molecule has 0 atom stereocenters. The van der Waals surface area contributed by atoms with Crippen LogP contribution >= 0.6 is 0 Å². The van der Waals surface area contributed by atoms with Crippen LogP contribution < -0.4 is 5.32 Å². The second-order valence-corrected chi connectivity index (χ2v) is 6.88. The van der Waals surface area contributed by atoms with Crippen LogP contribution in [-0.2, 0) is 4.79 Å². The minimum absolute atomic E-state index is 0.0482. The topological polar surface area (TPSA) is 67.2 Å². The Balaban J connectivity index is 1.51. The molecule has 5 rings (SSSR count). The van der Waals surface area contributed by atoms with Crippen molar-refractivity contribution in [3.63, 3.8) is 0 Å². The molecule has 20 heavy (non-hydrogen) atoms. The van der Waals surface area contributed by atoms with E-state index in [1.54, 1.807) is 6.20 Å². The third kappa shape index (κ3) is 2.00. The van der Waals surface area contributed by atoms with E-state index in [0.29, 0.717) is 6.04 Å². The predicted molar refractivity (Wildman–Crippen MR) is 74.4 cm³/mol. The van der Waals surface area contributed by atoms with Gasteiger partial charge in [0.2, 0.25) is 0 Å². The summed E-state index contributed by atoms with van der Waals surface area (Å²) in [5.74, 6) is 2.67. The Labute approximate surface area is 118 Å². The molecule has 1 heterocycles. The Bertz CT molecular complexity index is 497. The normalized spacial score (nSPS) is 38.1. The summed E-state index contributed by atoms with van der Waals surface area (Å²) < 4.78 is 2.11. The minimum Gasteiger partial charge on any atom is -0.480 e. The summed E-state index contributed by atoms with van der Waals surface area (Å²) in [4.78, 5) is 10.6. The molecule has 4 fully saturated rings. The highest BCUT2D eigenvalue weighted by atomic mass is 16.4. The van der Waals surface area contributed by atoms with Gasteiger partial charge in [-0.05, 0) is 55.8 Å². The van der Waals surface area contributed by atoms with E-state index in [1.165, 1.54) is 32.1 Å². The summed E-state index contributed by atoms with van der Waals surface area (Å²) in [5.41, 5.74) is 0.821. The van der Waals surface area contributed by atoms with Gasteiger partial charge in [-0.1, -0.05) is 0 Å². The van der Waals surface area contributed by atoms with Crippen molar-refractivity contribution in [1.29, 1.82) is 0 Å². The van der Waals surface area contributed by atoms with E-state index in [-0.39, 0.29) is 6.54 Å². The largest absolute Gasteiger partial charge is 0.480 e. The van der Waals surface area contributed by atoms with Gasteiger partial charge in [0, 0.05) is 6.20 Å². The fourth-order valence-corrected chi connectivity index (χ4v) is 5.10. The van der Waals surface area contributed by atoms with Crippen molar-refractivity contribution < 1.29 is 9.90 Å². The molecular formula is C15H21N3O2. The number of rotatable bonds is 4. The minimum atomic E-state index is -0.840. The second kappa shape index (κ2) is 4.50. The first-order valence-corrected chi connectivity index (χ1v) is 7.69. The first-order valence-electron chi connectivity index (χ1n) is 7.69. The summed E-state index contributed by atoms with van der Waals surface area (Å²) in [6.07, 6.45) is 10.7. The molecule has 0 spiro atoms. The lowest BCUT2D eigenvalue weighted by Gasteiger charge is -2.54. The number of hydrogen-bond donors (Lipinski definition) is 2. The van der Waals surface area contributed by atoms with E-state index in [1.807, 2.05) is 6.20 Å². The molecular weight excluding hydrogens is 254 g/mol. The van der Waals surface area contributed by atoms with Crippen molar-refractivity contribution in [2.45, 2.75) is 38.1 Å². The predicted octanol–water partition coefficient (Wildman–Crippen LogP) is 2.38. The van der Waals surface area contributed by atoms with Crippen molar-refractivity contribution in [3.05, 3.63) is 12.4 Å². The average molecular weight is 275 g/mol. The Kier molecular flexibility index (Phi) is 2.75. The van der Waals surface area contributed by atoms with E-state index in [0.717, 1.165) is 29.4 Å². The van der Waals surface area contributed by atoms with Gasteiger partial charge >= 0.3 is 5.97 Å². The summed E-state index contributed by atoms with van der Waals surface area (Å²) in [5, 5.41) is 16.1. The zero-order chi connectivity index (χ0) is 13.7. The lowest BCUT2D eigenvalue weighted by molar-refractivity contribution is -0.134. The standard InChI is InChI=1S/C15H21N3O2/c19-14(20)7-16-13-6-17-18(8-13)15-11-2-9-1-10(4-11)5-12(15)3-9/h6,8-12,15-16H,1-5,7H2,(H,19,20). The van der Waals surface area contributed by atoms with Crippen LogP contribution in [0.25, 0.3) is 0 Å². The molecule has 4 aliphatic rings. The lowest BCUT2D eigenvalue weighted by atomic mass is 9.54. The lowest BCUT2D eigenvalue weighted by Crippen LogP contribution is -2.46. The van der Waals surface area contributed by atoms with E-state index in [4.69, 9.17) is 5.11 Å². The number of hydrogen-bond acceptors (Lipinski definition) is 3. The zero-order valence-electron chi connectivity index (χ0n) is 11.5. The first kappa shape index (κ1) is 12.2. The van der Waals surface area contributed by atoms with E-state index in [9.17, 15) is 4.79 Å². The van der Waals surface area contributed by atoms with Crippen molar-refractivity contribution in [1.82, 2.24) is 9.78 Å². The van der Waals surface area contributed by atoms with Crippen LogP contribution in [0, 0.1) is 23.7 Å². The molecule has 4 aliphatic carbocycles. The Morgan fingerprint density at radius 1 is 1.25 bits per heavy atom. The summed E-state index contributed by atoms with van der Waals surface area (Å²) in [6.45, 7) is -0.0482. The van der Waals surface area contributed by atoms with Crippen LogP contribution in [0.5, 0.6) is 0 Å². The van der Waals surface area contributed by atoms with Gasteiger partial charge in [0.15, 0.2) is 0 Å². The van der Waals surface area contributed by atoms with Crippen molar-refractivity contribution >= 4 is 11.7 Å². The van der Waals surface area contributed by atoms with Crippen LogP contribution in [0.15, 0.2) is 12.4 Å². The molecule has 4 bridgehead atoms. The Hall–Kier alpha value is -1.52. The second-order valence-electron chi connectivity index (χ2n) is 6.88. The highest BCUT2D eigenvalue weighted by molar-refractivity contribution is 5.72. The summed E-state index contributed by atoms with van der Waals surface area (Å²) >= 11 is 0. The van der Waals surface area contributed by atoms with Gasteiger partial charge in [-0.3, -0.25) is 9.48 Å². The van der Waals surface area contributed by atoms with E-state index in [2.05, 4.69) is 15.1 Å². The maximum atomic E-state index is 10.6. The van der Waals surface area contributed by atoms with Crippen LogP contribution in [0.4, 0.5) is 5.69 Å². The zero-order valence-corrected chi connectivity index (χ0v) is 11.5. The molecule has 0 aliphatic heterocycles. The Morgan fingerprint density at radius 3 is 2.50 bits per heavy atom. The molecule has 1 aromatic rings. The highest BCUT2D eigenvalue weighted by Gasteiger charge is 2.49. The number of carboxylic acids is 1. The van der Waals surface area contributed by atoms with Crippen LogP contribution in [0.1, 0.15) is 38.1 Å². The van der Waals surface area contributed by atoms with Gasteiger partial charge in [-0.15, -0.1) is 0 Å². The van der Waals surface area contributed by atoms with Gasteiger partial charge in [0.05, 0.1) is 17.9 Å².